The van der Waals surface area contributed by atoms with Crippen molar-refractivity contribution in [3.63, 3.8) is 0 Å². The molecule has 0 saturated carbocycles. The molecule has 3 aromatic heterocycles. The van der Waals surface area contributed by atoms with Crippen molar-refractivity contribution in [2.24, 2.45) is 0 Å². The molecule has 10 heteroatoms. The summed E-state index contributed by atoms with van der Waals surface area (Å²) in [6, 6.07) is 5.69. The lowest BCUT2D eigenvalue weighted by atomic mass is 10.1. The first-order valence-electron chi connectivity index (χ1n) is 10.1. The maximum absolute atomic E-state index is 13.0. The highest BCUT2D eigenvalue weighted by Crippen LogP contribution is 2.31. The lowest BCUT2D eigenvalue weighted by Gasteiger charge is -2.29. The number of nitriles is 1. The van der Waals surface area contributed by atoms with Gasteiger partial charge in [0, 0.05) is 30.2 Å². The molecular weight excluding hydrogens is 430 g/mol. The van der Waals surface area contributed by atoms with E-state index in [1.54, 1.807) is 40.9 Å². The Bertz CT molecular complexity index is 1210. The van der Waals surface area contributed by atoms with Gasteiger partial charge in [0.05, 0.1) is 12.2 Å². The zero-order chi connectivity index (χ0) is 23.0. The second kappa shape index (κ2) is 8.16. The van der Waals surface area contributed by atoms with Crippen molar-refractivity contribution in [3.05, 3.63) is 52.0 Å². The van der Waals surface area contributed by atoms with Crippen LogP contribution in [0.25, 0.3) is 5.88 Å². The summed E-state index contributed by atoms with van der Waals surface area (Å²) in [5.74, 6) is 0.183. The van der Waals surface area contributed by atoms with Crippen molar-refractivity contribution < 1.29 is 18.7 Å². The summed E-state index contributed by atoms with van der Waals surface area (Å²) in [7, 11) is 0. The number of nitrogens with zero attached hydrogens (tertiary/aromatic N) is 4. The molecule has 0 spiro atoms. The zero-order valence-corrected chi connectivity index (χ0v) is 19.1. The van der Waals surface area contributed by atoms with Gasteiger partial charge in [-0.2, -0.15) is 5.26 Å². The quantitative estimate of drug-likeness (QED) is 0.634. The number of aromatic nitrogens is 2. The zero-order valence-electron chi connectivity index (χ0n) is 18.3. The first kappa shape index (κ1) is 21.6. The van der Waals surface area contributed by atoms with Crippen LogP contribution in [0.5, 0.6) is 0 Å². The number of nitrogens with one attached hydrogen (secondary N) is 1. The van der Waals surface area contributed by atoms with Crippen LogP contribution in [-0.4, -0.2) is 38.6 Å². The first-order chi connectivity index (χ1) is 15.2. The maximum Gasteiger partial charge on any atom is 0.410 e. The molecule has 2 amide bonds. The van der Waals surface area contributed by atoms with Crippen LogP contribution in [0.4, 0.5) is 9.93 Å². The second-order valence-electron chi connectivity index (χ2n) is 8.41. The van der Waals surface area contributed by atoms with Crippen molar-refractivity contribution >= 4 is 28.5 Å². The Labute approximate surface area is 189 Å². The molecule has 32 heavy (non-hydrogen) atoms. The molecule has 1 N–H and O–H groups in total. The number of anilines is 1. The van der Waals surface area contributed by atoms with Crippen LogP contribution in [0, 0.1) is 18.3 Å². The molecule has 0 unspecified atom stereocenters. The predicted molar refractivity (Wildman–Crippen MR) is 118 cm³/mol. The molecule has 3 aromatic rings. The topological polar surface area (TPSA) is 113 Å². The fourth-order valence-electron chi connectivity index (χ4n) is 3.45. The van der Waals surface area contributed by atoms with E-state index in [1.165, 1.54) is 11.3 Å². The molecule has 0 fully saturated rings. The number of rotatable bonds is 3. The Balaban J connectivity index is 1.52. The fraction of sp³-hybridized carbons (Fsp3) is 0.364. The van der Waals surface area contributed by atoms with Gasteiger partial charge in [-0.25, -0.2) is 9.78 Å². The highest BCUT2D eigenvalue weighted by Gasteiger charge is 2.29. The summed E-state index contributed by atoms with van der Waals surface area (Å²) < 4.78 is 12.8. The molecule has 166 valence electrons. The molecule has 0 aliphatic carbocycles. The molecule has 0 aromatic carbocycles. The molecule has 0 bridgehead atoms. The Morgan fingerprint density at radius 1 is 1.31 bits per heavy atom. The second-order valence-corrected chi connectivity index (χ2v) is 9.49. The molecule has 4 rings (SSSR count). The monoisotopic (exact) mass is 453 g/mol. The third kappa shape index (κ3) is 4.24. The molecule has 0 radical (unpaired) electrons. The van der Waals surface area contributed by atoms with E-state index in [-0.39, 0.29) is 17.2 Å². The largest absolute Gasteiger partial charge is 0.444 e. The predicted octanol–water partition coefficient (Wildman–Crippen LogP) is 4.25. The number of aryl methyl sites for hydroxylation is 1. The average Bonchev–Trinajstić information content (AvgIpc) is 3.43. The molecule has 9 nitrogen and oxygen atoms in total. The van der Waals surface area contributed by atoms with Gasteiger partial charge in [-0.15, -0.1) is 0 Å². The number of fused-ring (bicyclic) bond motifs is 1. The number of carbonyl (C=O) groups excluding carboxylic acids is 2. The number of ether oxygens (including phenoxy) is 1. The Morgan fingerprint density at radius 2 is 2.03 bits per heavy atom. The summed E-state index contributed by atoms with van der Waals surface area (Å²) in [6.45, 7) is 8.01. The molecule has 4 heterocycles. The highest BCUT2D eigenvalue weighted by molar-refractivity contribution is 7.15. The summed E-state index contributed by atoms with van der Waals surface area (Å²) >= 11 is 1.31. The Morgan fingerprint density at radius 3 is 2.69 bits per heavy atom. The van der Waals surface area contributed by atoms with Gasteiger partial charge in [0.25, 0.3) is 5.91 Å². The van der Waals surface area contributed by atoms with Crippen molar-refractivity contribution in [2.45, 2.75) is 46.3 Å². The van der Waals surface area contributed by atoms with Gasteiger partial charge >= 0.3 is 6.09 Å². The van der Waals surface area contributed by atoms with Gasteiger partial charge in [-0.3, -0.25) is 14.7 Å². The lowest BCUT2D eigenvalue weighted by molar-refractivity contribution is 0.0225. The summed E-state index contributed by atoms with van der Waals surface area (Å²) in [5, 5.41) is 12.9. The van der Waals surface area contributed by atoms with Crippen LogP contribution in [0.2, 0.25) is 0 Å². The lowest BCUT2D eigenvalue weighted by Crippen LogP contribution is -2.39. The minimum atomic E-state index is -0.565. The molecule has 0 atom stereocenters. The normalized spacial score (nSPS) is 13.4. The SMILES string of the molecule is Cc1oc(-n2cccc2)c(C#N)c1C(=O)Nc1nc2c(s1)CN(C(=O)OC(C)(C)C)CC2. The number of furan rings is 1. The molecular formula is C22H23N5O4S. The minimum Gasteiger partial charge on any atom is -0.444 e. The third-order valence-corrected chi connectivity index (χ3v) is 5.84. The van der Waals surface area contributed by atoms with E-state index < -0.39 is 11.5 Å². The minimum absolute atomic E-state index is 0.161. The van der Waals surface area contributed by atoms with Crippen LogP contribution in [0.1, 0.15) is 53.0 Å². The van der Waals surface area contributed by atoms with E-state index in [0.717, 1.165) is 10.6 Å². The van der Waals surface area contributed by atoms with E-state index in [1.807, 2.05) is 20.8 Å². The Kier molecular flexibility index (Phi) is 5.52. The maximum atomic E-state index is 13.0. The van der Waals surface area contributed by atoms with Gasteiger partial charge in [-0.1, -0.05) is 11.3 Å². The summed E-state index contributed by atoms with van der Waals surface area (Å²) in [4.78, 5) is 32.4. The number of hydrogen-bond acceptors (Lipinski definition) is 7. The van der Waals surface area contributed by atoms with Crippen molar-refractivity contribution in [2.75, 3.05) is 11.9 Å². The van der Waals surface area contributed by atoms with E-state index in [4.69, 9.17) is 9.15 Å². The van der Waals surface area contributed by atoms with Crippen molar-refractivity contribution in [3.8, 4) is 12.0 Å². The van der Waals surface area contributed by atoms with E-state index in [0.29, 0.717) is 36.3 Å². The van der Waals surface area contributed by atoms with E-state index >= 15 is 0 Å². The number of amides is 2. The van der Waals surface area contributed by atoms with Gasteiger partial charge in [0.1, 0.15) is 28.6 Å². The van der Waals surface area contributed by atoms with Crippen molar-refractivity contribution in [1.29, 1.82) is 5.26 Å². The van der Waals surface area contributed by atoms with Gasteiger partial charge < -0.3 is 14.1 Å². The van der Waals surface area contributed by atoms with E-state index in [9.17, 15) is 14.9 Å². The highest BCUT2D eigenvalue weighted by atomic mass is 32.1. The van der Waals surface area contributed by atoms with Crippen LogP contribution in [0.3, 0.4) is 0 Å². The first-order valence-corrected chi connectivity index (χ1v) is 10.9. The van der Waals surface area contributed by atoms with Crippen LogP contribution in [-0.2, 0) is 17.7 Å². The smallest absolute Gasteiger partial charge is 0.410 e. The van der Waals surface area contributed by atoms with Gasteiger partial charge in [0.2, 0.25) is 5.88 Å². The average molecular weight is 454 g/mol. The molecule has 0 saturated heterocycles. The summed E-state index contributed by atoms with van der Waals surface area (Å²) in [5.41, 5.74) is 0.626. The van der Waals surface area contributed by atoms with Gasteiger partial charge in [0.15, 0.2) is 5.13 Å². The van der Waals surface area contributed by atoms with Crippen LogP contribution in [0.15, 0.2) is 28.9 Å². The third-order valence-electron chi connectivity index (χ3n) is 4.85. The van der Waals surface area contributed by atoms with Crippen molar-refractivity contribution in [1.82, 2.24) is 14.5 Å². The fourth-order valence-corrected chi connectivity index (χ4v) is 4.47. The standard InChI is InChI=1S/C22H23N5O4S/c1-13-17(14(11-23)19(30-13)26-8-5-6-9-26)18(28)25-20-24-15-7-10-27(12-16(15)32-20)21(29)31-22(2,3)4/h5-6,8-9H,7,10,12H2,1-4H3,(H,24,25,28). The van der Waals surface area contributed by atoms with Gasteiger partial charge in [-0.05, 0) is 39.8 Å². The number of hydrogen-bond donors (Lipinski definition) is 1. The molecule has 1 aliphatic rings. The Hall–Kier alpha value is -3.58. The van der Waals surface area contributed by atoms with Crippen LogP contribution >= 0.6 is 11.3 Å². The van der Waals surface area contributed by atoms with E-state index in [2.05, 4.69) is 16.4 Å². The summed E-state index contributed by atoms with van der Waals surface area (Å²) in [6.07, 6.45) is 3.69. The molecule has 1 aliphatic heterocycles. The number of thiazole rings is 1. The van der Waals surface area contributed by atoms with Crippen LogP contribution < -0.4 is 5.32 Å². The number of carbonyl (C=O) groups is 2.